The molecule has 0 aliphatic heterocycles. The summed E-state index contributed by atoms with van der Waals surface area (Å²) in [7, 11) is -3.26. The Kier molecular flexibility index (Phi) is 6.58. The predicted molar refractivity (Wildman–Crippen MR) is 111 cm³/mol. The highest BCUT2D eigenvalue weighted by Gasteiger charge is 2.14. The number of nitro groups is 1. The molecule has 0 unspecified atom stereocenters. The van der Waals surface area contributed by atoms with Crippen molar-refractivity contribution in [1.82, 2.24) is 15.1 Å². The van der Waals surface area contributed by atoms with Gasteiger partial charge in [0.25, 0.3) is 11.6 Å². The van der Waals surface area contributed by atoms with Crippen molar-refractivity contribution >= 4 is 21.4 Å². The van der Waals surface area contributed by atoms with E-state index in [-0.39, 0.29) is 29.4 Å². The summed E-state index contributed by atoms with van der Waals surface area (Å²) in [6.07, 6.45) is 1.87. The minimum atomic E-state index is -3.26. The van der Waals surface area contributed by atoms with E-state index in [1.807, 2.05) is 6.07 Å². The van der Waals surface area contributed by atoms with Crippen LogP contribution < -0.4 is 5.32 Å². The third-order valence-corrected chi connectivity index (χ3v) is 5.98. The third kappa shape index (κ3) is 5.74. The molecule has 0 bridgehead atoms. The Morgan fingerprint density at radius 2 is 1.77 bits per heavy atom. The van der Waals surface area contributed by atoms with Crippen molar-refractivity contribution < 1.29 is 18.1 Å². The monoisotopic (exact) mass is 428 g/mol. The number of hydrogen-bond acceptors (Lipinski definition) is 6. The highest BCUT2D eigenvalue weighted by atomic mass is 32.2. The van der Waals surface area contributed by atoms with Crippen LogP contribution in [-0.2, 0) is 15.6 Å². The van der Waals surface area contributed by atoms with Crippen LogP contribution in [0.2, 0.25) is 0 Å². The fraction of sp³-hybridized carbons (Fsp3) is 0.200. The molecule has 3 aromatic rings. The standard InChI is InChI=1S/C20H20N4O5S/c25-20(21-12-4-14-30(28,29)15-16-5-2-1-3-6-16)19-11-13-23(22-19)17-7-9-18(10-8-17)24(26)27/h1-3,5-11,13H,4,12,14-15H2,(H,21,25). The van der Waals surface area contributed by atoms with Crippen LogP contribution in [0.25, 0.3) is 5.69 Å². The van der Waals surface area contributed by atoms with Gasteiger partial charge in [-0.1, -0.05) is 30.3 Å². The molecule has 2 aromatic carbocycles. The average Bonchev–Trinajstić information content (AvgIpc) is 3.22. The Balaban J connectivity index is 1.49. The van der Waals surface area contributed by atoms with Crippen LogP contribution in [0.3, 0.4) is 0 Å². The number of non-ortho nitro benzene ring substituents is 1. The van der Waals surface area contributed by atoms with Crippen molar-refractivity contribution in [2.24, 2.45) is 0 Å². The number of sulfone groups is 1. The summed E-state index contributed by atoms with van der Waals surface area (Å²) in [5, 5.41) is 17.5. The number of carbonyl (C=O) groups is 1. The topological polar surface area (TPSA) is 124 Å². The number of amides is 1. The molecule has 0 saturated heterocycles. The first-order valence-corrected chi connectivity index (χ1v) is 11.0. The lowest BCUT2D eigenvalue weighted by molar-refractivity contribution is -0.384. The van der Waals surface area contributed by atoms with Crippen molar-refractivity contribution in [3.63, 3.8) is 0 Å². The molecular formula is C20H20N4O5S. The predicted octanol–water partition coefficient (Wildman–Crippen LogP) is 2.52. The number of nitrogens with zero attached hydrogens (tertiary/aromatic N) is 3. The van der Waals surface area contributed by atoms with Crippen molar-refractivity contribution in [2.45, 2.75) is 12.2 Å². The molecule has 1 amide bonds. The number of aromatic nitrogens is 2. The number of nitrogens with one attached hydrogen (secondary N) is 1. The maximum Gasteiger partial charge on any atom is 0.271 e. The molecule has 30 heavy (non-hydrogen) atoms. The van der Waals surface area contributed by atoms with E-state index in [1.54, 1.807) is 30.5 Å². The van der Waals surface area contributed by atoms with Gasteiger partial charge in [0.2, 0.25) is 0 Å². The third-order valence-electron chi connectivity index (χ3n) is 4.29. The normalized spacial score (nSPS) is 11.2. The van der Waals surface area contributed by atoms with Gasteiger partial charge < -0.3 is 5.32 Å². The van der Waals surface area contributed by atoms with E-state index in [4.69, 9.17) is 0 Å². The van der Waals surface area contributed by atoms with Gasteiger partial charge in [0.05, 0.1) is 22.1 Å². The molecule has 3 rings (SSSR count). The van der Waals surface area contributed by atoms with Gasteiger partial charge >= 0.3 is 0 Å². The van der Waals surface area contributed by atoms with Crippen LogP contribution in [-0.4, -0.2) is 41.3 Å². The fourth-order valence-electron chi connectivity index (χ4n) is 2.80. The summed E-state index contributed by atoms with van der Waals surface area (Å²) in [6.45, 7) is 0.206. The smallest absolute Gasteiger partial charge is 0.271 e. The van der Waals surface area contributed by atoms with E-state index in [9.17, 15) is 23.3 Å². The Morgan fingerprint density at radius 1 is 1.07 bits per heavy atom. The van der Waals surface area contributed by atoms with Crippen LogP contribution in [0.15, 0.2) is 66.9 Å². The quantitative estimate of drug-likeness (QED) is 0.317. The molecule has 1 heterocycles. The van der Waals surface area contributed by atoms with Crippen molar-refractivity contribution in [2.75, 3.05) is 12.3 Å². The Hall–Kier alpha value is -3.53. The number of carbonyl (C=O) groups excluding carboxylic acids is 1. The molecule has 0 radical (unpaired) electrons. The first kappa shape index (κ1) is 21.2. The molecule has 1 aromatic heterocycles. The fourth-order valence-corrected chi connectivity index (χ4v) is 4.23. The summed E-state index contributed by atoms with van der Waals surface area (Å²) in [5.74, 6) is -0.475. The number of benzene rings is 2. The Morgan fingerprint density at radius 3 is 2.43 bits per heavy atom. The first-order valence-electron chi connectivity index (χ1n) is 9.17. The lowest BCUT2D eigenvalue weighted by Gasteiger charge is -2.06. The summed E-state index contributed by atoms with van der Waals surface area (Å²) >= 11 is 0. The second-order valence-corrected chi connectivity index (χ2v) is 8.79. The molecule has 0 atom stereocenters. The van der Waals surface area contributed by atoms with Gasteiger partial charge in [0, 0.05) is 24.9 Å². The summed E-state index contributed by atoms with van der Waals surface area (Å²) in [5.41, 5.74) is 1.44. The molecule has 10 heteroatoms. The van der Waals surface area contributed by atoms with E-state index >= 15 is 0 Å². The zero-order valence-corrected chi connectivity index (χ0v) is 16.8. The van der Waals surface area contributed by atoms with E-state index in [2.05, 4.69) is 10.4 Å². The summed E-state index contributed by atoms with van der Waals surface area (Å²) < 4.78 is 25.8. The zero-order valence-electron chi connectivity index (χ0n) is 16.0. The second-order valence-electron chi connectivity index (χ2n) is 6.61. The van der Waals surface area contributed by atoms with E-state index in [0.29, 0.717) is 12.1 Å². The van der Waals surface area contributed by atoms with Crippen molar-refractivity contribution in [3.05, 3.63) is 88.2 Å². The van der Waals surface area contributed by atoms with Gasteiger partial charge in [-0.05, 0) is 30.2 Å². The van der Waals surface area contributed by atoms with Crippen LogP contribution >= 0.6 is 0 Å². The van der Waals surface area contributed by atoms with Crippen molar-refractivity contribution in [3.8, 4) is 5.69 Å². The SMILES string of the molecule is O=C(NCCCS(=O)(=O)Cc1ccccc1)c1ccn(-c2ccc([N+](=O)[O-])cc2)n1. The van der Waals surface area contributed by atoms with E-state index in [0.717, 1.165) is 5.56 Å². The lowest BCUT2D eigenvalue weighted by atomic mass is 10.2. The maximum atomic E-state index is 12.2. The van der Waals surface area contributed by atoms with Gasteiger partial charge in [0.1, 0.15) is 0 Å². The van der Waals surface area contributed by atoms with Gasteiger partial charge in [-0.15, -0.1) is 0 Å². The van der Waals surface area contributed by atoms with Crippen molar-refractivity contribution in [1.29, 1.82) is 0 Å². The molecular weight excluding hydrogens is 408 g/mol. The summed E-state index contributed by atoms with van der Waals surface area (Å²) in [4.78, 5) is 22.4. The van der Waals surface area contributed by atoms with Gasteiger partial charge in [-0.3, -0.25) is 14.9 Å². The molecule has 0 saturated carbocycles. The van der Waals surface area contributed by atoms with Crippen LogP contribution in [0.1, 0.15) is 22.5 Å². The number of rotatable bonds is 9. The van der Waals surface area contributed by atoms with Gasteiger partial charge in [-0.2, -0.15) is 5.10 Å². The van der Waals surface area contributed by atoms with Gasteiger partial charge in [-0.25, -0.2) is 13.1 Å². The molecule has 0 aliphatic rings. The number of hydrogen-bond donors (Lipinski definition) is 1. The summed E-state index contributed by atoms with van der Waals surface area (Å²) in [6, 6.07) is 16.2. The van der Waals surface area contributed by atoms with Gasteiger partial charge in [0.15, 0.2) is 15.5 Å². The Labute approximate surface area is 173 Å². The highest BCUT2D eigenvalue weighted by molar-refractivity contribution is 7.90. The first-order chi connectivity index (χ1) is 14.3. The lowest BCUT2D eigenvalue weighted by Crippen LogP contribution is -2.26. The molecule has 1 N–H and O–H groups in total. The maximum absolute atomic E-state index is 12.2. The number of nitro benzene ring substituents is 1. The zero-order chi connectivity index (χ0) is 21.6. The van der Waals surface area contributed by atoms with Crippen LogP contribution in [0.5, 0.6) is 0 Å². The van der Waals surface area contributed by atoms with Crippen LogP contribution in [0.4, 0.5) is 5.69 Å². The molecule has 156 valence electrons. The largest absolute Gasteiger partial charge is 0.351 e. The minimum Gasteiger partial charge on any atom is -0.351 e. The molecule has 0 aliphatic carbocycles. The second kappa shape index (κ2) is 9.31. The van der Waals surface area contributed by atoms with Crippen LogP contribution in [0, 0.1) is 10.1 Å². The Bertz CT molecular complexity index is 1130. The van der Waals surface area contributed by atoms with E-state index in [1.165, 1.54) is 35.0 Å². The highest BCUT2D eigenvalue weighted by Crippen LogP contribution is 2.15. The van der Waals surface area contributed by atoms with E-state index < -0.39 is 20.7 Å². The molecule has 0 fully saturated rings. The average molecular weight is 428 g/mol. The minimum absolute atomic E-state index is 0.0264. The molecule has 9 nitrogen and oxygen atoms in total. The molecule has 0 spiro atoms.